The van der Waals surface area contributed by atoms with E-state index in [1.807, 2.05) is 25.2 Å². The van der Waals surface area contributed by atoms with E-state index in [2.05, 4.69) is 42.6 Å². The molecule has 0 saturated heterocycles. The van der Waals surface area contributed by atoms with Gasteiger partial charge in [0.25, 0.3) is 0 Å². The molecule has 0 aromatic heterocycles. The molecule has 1 unspecified atom stereocenters. The molecule has 1 N–H and O–H groups in total. The SMILES string of the molecule is CCc1ccccc1C(Cc1cccc(Cl)c1)NC. The molecule has 2 aromatic rings. The van der Waals surface area contributed by atoms with Crippen molar-refractivity contribution in [3.63, 3.8) is 0 Å². The van der Waals surface area contributed by atoms with Gasteiger partial charge in [0.05, 0.1) is 0 Å². The summed E-state index contributed by atoms with van der Waals surface area (Å²) in [6, 6.07) is 17.1. The van der Waals surface area contributed by atoms with Crippen molar-refractivity contribution in [3.05, 3.63) is 70.2 Å². The molecule has 0 aliphatic heterocycles. The molecule has 2 rings (SSSR count). The predicted molar refractivity (Wildman–Crippen MR) is 82.8 cm³/mol. The molecule has 19 heavy (non-hydrogen) atoms. The third-order valence-corrected chi connectivity index (χ3v) is 3.72. The molecule has 0 spiro atoms. The molecule has 2 heteroatoms. The molecule has 0 radical (unpaired) electrons. The highest BCUT2D eigenvalue weighted by molar-refractivity contribution is 6.30. The van der Waals surface area contributed by atoms with E-state index in [0.29, 0.717) is 6.04 Å². The molecule has 100 valence electrons. The minimum Gasteiger partial charge on any atom is -0.313 e. The van der Waals surface area contributed by atoms with Crippen LogP contribution in [0.5, 0.6) is 0 Å². The van der Waals surface area contributed by atoms with Crippen LogP contribution in [0.25, 0.3) is 0 Å². The molecule has 0 saturated carbocycles. The monoisotopic (exact) mass is 273 g/mol. The van der Waals surface area contributed by atoms with Gasteiger partial charge in [-0.15, -0.1) is 0 Å². The highest BCUT2D eigenvalue weighted by Crippen LogP contribution is 2.23. The first kappa shape index (κ1) is 14.1. The number of hydrogen-bond donors (Lipinski definition) is 1. The maximum atomic E-state index is 6.06. The Morgan fingerprint density at radius 1 is 1.11 bits per heavy atom. The first-order chi connectivity index (χ1) is 9.24. The Morgan fingerprint density at radius 2 is 1.89 bits per heavy atom. The minimum atomic E-state index is 0.328. The Hall–Kier alpha value is -1.31. The number of likely N-dealkylation sites (N-methyl/N-ethyl adjacent to an activating group) is 1. The zero-order valence-electron chi connectivity index (χ0n) is 11.5. The zero-order chi connectivity index (χ0) is 13.7. The van der Waals surface area contributed by atoms with Gasteiger partial charge < -0.3 is 5.32 Å². The number of halogens is 1. The lowest BCUT2D eigenvalue weighted by Crippen LogP contribution is -2.20. The largest absolute Gasteiger partial charge is 0.313 e. The summed E-state index contributed by atoms with van der Waals surface area (Å²) in [6.45, 7) is 2.20. The summed E-state index contributed by atoms with van der Waals surface area (Å²) in [5.41, 5.74) is 4.05. The van der Waals surface area contributed by atoms with E-state index in [-0.39, 0.29) is 0 Å². The van der Waals surface area contributed by atoms with Crippen molar-refractivity contribution in [1.29, 1.82) is 0 Å². The zero-order valence-corrected chi connectivity index (χ0v) is 12.2. The van der Waals surface area contributed by atoms with Gasteiger partial charge in [-0.1, -0.05) is 54.9 Å². The summed E-state index contributed by atoms with van der Waals surface area (Å²) in [6.07, 6.45) is 2.01. The van der Waals surface area contributed by atoms with Gasteiger partial charge in [-0.2, -0.15) is 0 Å². The van der Waals surface area contributed by atoms with Crippen LogP contribution in [0.3, 0.4) is 0 Å². The van der Waals surface area contributed by atoms with Crippen molar-refractivity contribution in [1.82, 2.24) is 5.32 Å². The third kappa shape index (κ3) is 3.59. The van der Waals surface area contributed by atoms with E-state index >= 15 is 0 Å². The highest BCUT2D eigenvalue weighted by atomic mass is 35.5. The normalized spacial score (nSPS) is 12.4. The minimum absolute atomic E-state index is 0.328. The van der Waals surface area contributed by atoms with Crippen molar-refractivity contribution < 1.29 is 0 Å². The maximum absolute atomic E-state index is 6.06. The van der Waals surface area contributed by atoms with Crippen molar-refractivity contribution in [3.8, 4) is 0 Å². The Morgan fingerprint density at radius 3 is 2.58 bits per heavy atom. The summed E-state index contributed by atoms with van der Waals surface area (Å²) in [4.78, 5) is 0. The highest BCUT2D eigenvalue weighted by Gasteiger charge is 2.13. The molecule has 0 fully saturated rings. The van der Waals surface area contributed by atoms with Gasteiger partial charge in [-0.05, 0) is 48.7 Å². The van der Waals surface area contributed by atoms with Crippen molar-refractivity contribution in [2.75, 3.05) is 7.05 Å². The average molecular weight is 274 g/mol. The van der Waals surface area contributed by atoms with Gasteiger partial charge in [0.2, 0.25) is 0 Å². The van der Waals surface area contributed by atoms with Gasteiger partial charge in [0, 0.05) is 11.1 Å². The van der Waals surface area contributed by atoms with Crippen molar-refractivity contribution >= 4 is 11.6 Å². The Balaban J connectivity index is 2.25. The fourth-order valence-corrected chi connectivity index (χ4v) is 2.68. The average Bonchev–Trinajstić information content (AvgIpc) is 2.45. The Kier molecular flexibility index (Phi) is 5.00. The van der Waals surface area contributed by atoms with E-state index in [1.165, 1.54) is 16.7 Å². The molecule has 0 aliphatic rings. The van der Waals surface area contributed by atoms with Gasteiger partial charge >= 0.3 is 0 Å². The fraction of sp³-hybridized carbons (Fsp3) is 0.294. The van der Waals surface area contributed by atoms with Gasteiger partial charge in [0.15, 0.2) is 0 Å². The maximum Gasteiger partial charge on any atom is 0.0408 e. The number of benzene rings is 2. The van der Waals surface area contributed by atoms with E-state index < -0.39 is 0 Å². The molecule has 1 nitrogen and oxygen atoms in total. The molecule has 1 atom stereocenters. The van der Waals surface area contributed by atoms with E-state index in [1.54, 1.807) is 0 Å². The smallest absolute Gasteiger partial charge is 0.0408 e. The molecule has 2 aromatic carbocycles. The molecular weight excluding hydrogens is 254 g/mol. The topological polar surface area (TPSA) is 12.0 Å². The molecule has 0 heterocycles. The van der Waals surface area contributed by atoms with Gasteiger partial charge in [-0.3, -0.25) is 0 Å². The predicted octanol–water partition coefficient (Wildman–Crippen LogP) is 4.41. The van der Waals surface area contributed by atoms with Crippen LogP contribution in [0.1, 0.15) is 29.7 Å². The first-order valence-corrected chi connectivity index (χ1v) is 7.12. The lowest BCUT2D eigenvalue weighted by Gasteiger charge is -2.20. The van der Waals surface area contributed by atoms with Crippen LogP contribution in [0, 0.1) is 0 Å². The van der Waals surface area contributed by atoms with Crippen LogP contribution in [0.2, 0.25) is 5.02 Å². The molecular formula is C17H20ClN. The van der Waals surface area contributed by atoms with Crippen LogP contribution in [0.4, 0.5) is 0 Å². The summed E-state index contributed by atoms with van der Waals surface area (Å²) in [5.74, 6) is 0. The molecule has 0 amide bonds. The quantitative estimate of drug-likeness (QED) is 0.851. The van der Waals surface area contributed by atoms with E-state index in [0.717, 1.165) is 17.9 Å². The fourth-order valence-electron chi connectivity index (χ4n) is 2.46. The van der Waals surface area contributed by atoms with Crippen LogP contribution in [-0.4, -0.2) is 7.05 Å². The molecule has 0 aliphatic carbocycles. The number of nitrogens with one attached hydrogen (secondary N) is 1. The summed E-state index contributed by atoms with van der Waals surface area (Å²) in [7, 11) is 2.02. The standard InChI is InChI=1S/C17H20ClN/c1-3-14-8-4-5-10-16(14)17(19-2)12-13-7-6-9-15(18)11-13/h4-11,17,19H,3,12H2,1-2H3. The van der Waals surface area contributed by atoms with E-state index in [9.17, 15) is 0 Å². The Labute approximate surface area is 120 Å². The van der Waals surface area contributed by atoms with Crippen LogP contribution in [0.15, 0.2) is 48.5 Å². The molecule has 0 bridgehead atoms. The van der Waals surface area contributed by atoms with Crippen LogP contribution >= 0.6 is 11.6 Å². The summed E-state index contributed by atoms with van der Waals surface area (Å²) in [5, 5.41) is 4.22. The second-order valence-corrected chi connectivity index (χ2v) is 5.16. The number of hydrogen-bond acceptors (Lipinski definition) is 1. The lowest BCUT2D eigenvalue weighted by atomic mass is 9.94. The lowest BCUT2D eigenvalue weighted by molar-refractivity contribution is 0.587. The van der Waals surface area contributed by atoms with Gasteiger partial charge in [0.1, 0.15) is 0 Å². The summed E-state index contributed by atoms with van der Waals surface area (Å²) < 4.78 is 0. The second-order valence-electron chi connectivity index (χ2n) is 4.73. The van der Waals surface area contributed by atoms with Crippen molar-refractivity contribution in [2.24, 2.45) is 0 Å². The van der Waals surface area contributed by atoms with Crippen LogP contribution < -0.4 is 5.32 Å². The number of aryl methyl sites for hydroxylation is 1. The first-order valence-electron chi connectivity index (χ1n) is 6.74. The van der Waals surface area contributed by atoms with Crippen LogP contribution in [-0.2, 0) is 12.8 Å². The summed E-state index contributed by atoms with van der Waals surface area (Å²) >= 11 is 6.06. The third-order valence-electron chi connectivity index (χ3n) is 3.49. The van der Waals surface area contributed by atoms with Gasteiger partial charge in [-0.25, -0.2) is 0 Å². The van der Waals surface area contributed by atoms with E-state index in [4.69, 9.17) is 11.6 Å². The number of rotatable bonds is 5. The Bertz CT molecular complexity index is 536. The van der Waals surface area contributed by atoms with Crippen molar-refractivity contribution in [2.45, 2.75) is 25.8 Å². The second kappa shape index (κ2) is 6.74.